The van der Waals surface area contributed by atoms with E-state index in [4.69, 9.17) is 28.4 Å². The number of aliphatic hydroxyl groups is 12. The Labute approximate surface area is 375 Å². The Hall–Kier alpha value is -0.720. The van der Waals surface area contributed by atoms with Crippen LogP contribution >= 0.6 is 0 Å². The van der Waals surface area contributed by atoms with Crippen LogP contribution in [-0.4, -0.2) is 191 Å². The molecule has 8 aliphatic rings. The Morgan fingerprint density at radius 3 is 1.98 bits per heavy atom. The summed E-state index contributed by atoms with van der Waals surface area (Å²) in [5, 5.41) is 129. The minimum atomic E-state index is -1.64. The summed E-state index contributed by atoms with van der Waals surface area (Å²) in [7, 11) is 0. The summed E-state index contributed by atoms with van der Waals surface area (Å²) in [4.78, 5) is 0. The quantitative estimate of drug-likeness (QED) is 0.105. The minimum absolute atomic E-state index is 0.0345. The molecular formula is C46H78O18. The minimum Gasteiger partial charge on any atom is -0.394 e. The average Bonchev–Trinajstić information content (AvgIpc) is 3.81. The first kappa shape index (κ1) is 49.7. The molecule has 3 saturated heterocycles. The van der Waals surface area contributed by atoms with Gasteiger partial charge in [0.2, 0.25) is 0 Å². The molecule has 25 atom stereocenters. The lowest BCUT2D eigenvalue weighted by molar-refractivity contribution is -0.356. The fraction of sp³-hybridized carbons (Fsp3) is 1.00. The SMILES string of the molecule is C[C@H](CCC(O)C(C)(C)O)C1C(OC2OC(CO)C(O)C(O)C2O)C[C@@]2(C)C3C[C@H](O)C4C(C)(C)C(OC5OCC(O)C(O)C5OC5OCC(O)C(O)C5O)CC[C@@]45C[C@@]35CC[C@]12C. The molecule has 3 aliphatic heterocycles. The molecule has 8 rings (SSSR count). The predicted molar refractivity (Wildman–Crippen MR) is 222 cm³/mol. The van der Waals surface area contributed by atoms with Crippen LogP contribution in [-0.2, 0) is 28.4 Å². The fourth-order valence-electron chi connectivity index (χ4n) is 15.4. The number of ether oxygens (including phenoxy) is 6. The van der Waals surface area contributed by atoms with E-state index in [-0.39, 0.29) is 53.1 Å². The Balaban J connectivity index is 1.05. The van der Waals surface area contributed by atoms with Gasteiger partial charge in [-0.15, -0.1) is 0 Å². The first-order chi connectivity index (χ1) is 29.8. The summed E-state index contributed by atoms with van der Waals surface area (Å²) in [6.07, 6.45) is -15.1. The zero-order chi connectivity index (χ0) is 46.9. The van der Waals surface area contributed by atoms with Crippen LogP contribution in [0.25, 0.3) is 0 Å². The van der Waals surface area contributed by atoms with E-state index in [1.165, 1.54) is 0 Å². The van der Waals surface area contributed by atoms with E-state index in [9.17, 15) is 61.3 Å². The van der Waals surface area contributed by atoms with Crippen molar-refractivity contribution in [1.29, 1.82) is 0 Å². The molecule has 19 unspecified atom stereocenters. The van der Waals surface area contributed by atoms with E-state index in [0.29, 0.717) is 32.1 Å². The van der Waals surface area contributed by atoms with E-state index in [2.05, 4.69) is 34.6 Å². The van der Waals surface area contributed by atoms with Crippen molar-refractivity contribution in [2.24, 2.45) is 50.7 Å². The molecule has 8 fully saturated rings. The lowest BCUT2D eigenvalue weighted by Gasteiger charge is -2.64. The van der Waals surface area contributed by atoms with Crippen molar-refractivity contribution in [3.05, 3.63) is 0 Å². The highest BCUT2D eigenvalue weighted by atomic mass is 16.8. The molecule has 3 heterocycles. The lowest BCUT2D eigenvalue weighted by atomic mass is 9.41. The molecule has 0 bridgehead atoms. The van der Waals surface area contributed by atoms with Crippen molar-refractivity contribution in [2.45, 2.75) is 216 Å². The molecule has 5 aliphatic carbocycles. The number of rotatable bonds is 12. The fourth-order valence-corrected chi connectivity index (χ4v) is 15.4. The zero-order valence-electron chi connectivity index (χ0n) is 38.4. The first-order valence-corrected chi connectivity index (χ1v) is 23.8. The Morgan fingerprint density at radius 1 is 0.688 bits per heavy atom. The maximum Gasteiger partial charge on any atom is 0.186 e. The molecule has 0 aromatic rings. The van der Waals surface area contributed by atoms with Crippen LogP contribution in [0.1, 0.15) is 106 Å². The smallest absolute Gasteiger partial charge is 0.186 e. The van der Waals surface area contributed by atoms with E-state index in [0.717, 1.165) is 25.7 Å². The molecule has 0 aromatic carbocycles. The summed E-state index contributed by atoms with van der Waals surface area (Å²) in [5.74, 6) is -0.269. The number of hydrogen-bond donors (Lipinski definition) is 12. The molecule has 370 valence electrons. The van der Waals surface area contributed by atoms with E-state index in [1.54, 1.807) is 13.8 Å². The number of aliphatic hydroxyl groups excluding tert-OH is 11. The van der Waals surface area contributed by atoms with Gasteiger partial charge in [-0.25, -0.2) is 0 Å². The molecular weight excluding hydrogens is 840 g/mol. The van der Waals surface area contributed by atoms with Gasteiger partial charge in [0, 0.05) is 0 Å². The zero-order valence-corrected chi connectivity index (χ0v) is 38.4. The van der Waals surface area contributed by atoms with Crippen molar-refractivity contribution in [2.75, 3.05) is 19.8 Å². The van der Waals surface area contributed by atoms with Gasteiger partial charge in [-0.1, -0.05) is 34.6 Å². The van der Waals surface area contributed by atoms with Crippen molar-refractivity contribution < 1.29 is 89.7 Å². The summed E-state index contributed by atoms with van der Waals surface area (Å²) >= 11 is 0. The van der Waals surface area contributed by atoms with E-state index in [1.807, 2.05) is 0 Å². The molecule has 2 spiro atoms. The summed E-state index contributed by atoms with van der Waals surface area (Å²) in [6.45, 7) is 13.0. The highest BCUT2D eigenvalue weighted by molar-refractivity contribution is 5.32. The van der Waals surface area contributed by atoms with Gasteiger partial charge in [0.15, 0.2) is 18.9 Å². The van der Waals surface area contributed by atoms with Crippen LogP contribution in [0.15, 0.2) is 0 Å². The molecule has 18 nitrogen and oxygen atoms in total. The third-order valence-corrected chi connectivity index (χ3v) is 19.0. The van der Waals surface area contributed by atoms with Crippen LogP contribution < -0.4 is 0 Å². The Kier molecular flexibility index (Phi) is 13.4. The standard InChI is InChI=1S/C46H78O18/c1-20(8-9-27(51)42(4,5)58)29-24(61-39-35(57)33(55)32(54)25(16-47)62-39)15-44(7)26-14-21(48)37-41(2,3)28(10-11-46(37)19-45(26,46)13-12-43(29,44)6)63-40-36(31(53)23(50)18-60-40)64-38-34(56)30(52)22(49)17-59-38/h20-40,47-58H,8-19H2,1-7H3/t20-,21+,22?,23?,24?,25?,26?,27?,28?,29?,30?,31?,32?,33?,34?,35?,36?,37?,38?,39?,40?,43-,44+,45+,46-/m1/s1. The van der Waals surface area contributed by atoms with Crippen LogP contribution in [0.5, 0.6) is 0 Å². The van der Waals surface area contributed by atoms with Crippen molar-refractivity contribution in [3.8, 4) is 0 Å². The van der Waals surface area contributed by atoms with Gasteiger partial charge in [-0.2, -0.15) is 0 Å². The number of fused-ring (bicyclic) bond motifs is 2. The van der Waals surface area contributed by atoms with Gasteiger partial charge in [0.25, 0.3) is 0 Å². The van der Waals surface area contributed by atoms with Crippen molar-refractivity contribution >= 4 is 0 Å². The molecule has 0 amide bonds. The topological polar surface area (TPSA) is 298 Å². The van der Waals surface area contributed by atoms with Gasteiger partial charge >= 0.3 is 0 Å². The van der Waals surface area contributed by atoms with Gasteiger partial charge in [-0.3, -0.25) is 0 Å². The van der Waals surface area contributed by atoms with Crippen LogP contribution in [0, 0.1) is 50.7 Å². The van der Waals surface area contributed by atoms with Gasteiger partial charge in [0.05, 0.1) is 49.8 Å². The number of hydrogen-bond acceptors (Lipinski definition) is 18. The second-order valence-corrected chi connectivity index (χ2v) is 23.1. The van der Waals surface area contributed by atoms with Crippen LogP contribution in [0.2, 0.25) is 0 Å². The monoisotopic (exact) mass is 919 g/mol. The van der Waals surface area contributed by atoms with Crippen molar-refractivity contribution in [1.82, 2.24) is 0 Å². The maximum atomic E-state index is 12.6. The first-order valence-electron chi connectivity index (χ1n) is 23.8. The average molecular weight is 919 g/mol. The summed E-state index contributed by atoms with van der Waals surface area (Å²) in [5.41, 5.74) is -2.98. The molecule has 12 N–H and O–H groups in total. The van der Waals surface area contributed by atoms with Crippen molar-refractivity contribution in [3.63, 3.8) is 0 Å². The van der Waals surface area contributed by atoms with E-state index >= 15 is 0 Å². The van der Waals surface area contributed by atoms with Crippen LogP contribution in [0.3, 0.4) is 0 Å². The summed E-state index contributed by atoms with van der Waals surface area (Å²) in [6, 6.07) is 0. The second kappa shape index (κ2) is 17.3. The third-order valence-electron chi connectivity index (χ3n) is 19.0. The summed E-state index contributed by atoms with van der Waals surface area (Å²) < 4.78 is 36.8. The normalized spacial score (nSPS) is 54.5. The lowest BCUT2D eigenvalue weighted by Crippen LogP contribution is -2.63. The largest absolute Gasteiger partial charge is 0.394 e. The predicted octanol–water partition coefficient (Wildman–Crippen LogP) is -0.973. The van der Waals surface area contributed by atoms with E-state index < -0.39 is 127 Å². The molecule has 0 radical (unpaired) electrons. The molecule has 18 heteroatoms. The van der Waals surface area contributed by atoms with Crippen LogP contribution in [0.4, 0.5) is 0 Å². The second-order valence-electron chi connectivity index (χ2n) is 23.1. The maximum absolute atomic E-state index is 12.6. The molecule has 5 saturated carbocycles. The molecule has 64 heavy (non-hydrogen) atoms. The molecule has 0 aromatic heterocycles. The van der Waals surface area contributed by atoms with Gasteiger partial charge in [0.1, 0.15) is 61.0 Å². The highest BCUT2D eigenvalue weighted by Crippen LogP contribution is 2.89. The Morgan fingerprint density at radius 2 is 1.33 bits per heavy atom. The van der Waals surface area contributed by atoms with Gasteiger partial charge < -0.3 is 89.7 Å². The highest BCUT2D eigenvalue weighted by Gasteiger charge is 2.84. The third kappa shape index (κ3) is 7.68. The van der Waals surface area contributed by atoms with Gasteiger partial charge in [-0.05, 0) is 122 Å². The Bertz CT molecular complexity index is 1650.